The largest absolute Gasteiger partial charge is 0.495 e. The van der Waals surface area contributed by atoms with Crippen LogP contribution < -0.4 is 5.32 Å². The fourth-order valence-corrected chi connectivity index (χ4v) is 0.692. The molecule has 1 aliphatic rings. The minimum Gasteiger partial charge on any atom is -0.495 e. The summed E-state index contributed by atoms with van der Waals surface area (Å²) >= 11 is 0. The van der Waals surface area contributed by atoms with Crippen molar-refractivity contribution in [1.29, 1.82) is 0 Å². The molecule has 0 saturated heterocycles. The lowest BCUT2D eigenvalue weighted by Crippen LogP contribution is -2.31. The van der Waals surface area contributed by atoms with Gasteiger partial charge in [0.2, 0.25) is 0 Å². The van der Waals surface area contributed by atoms with Crippen LogP contribution in [0.1, 0.15) is 6.92 Å². The first kappa shape index (κ1) is 7.87. The third kappa shape index (κ3) is 2.12. The smallest absolute Gasteiger partial charge is 0.294 e. The molecule has 0 bridgehead atoms. The average molecular weight is 158 g/mol. The van der Waals surface area contributed by atoms with Gasteiger partial charge in [-0.1, -0.05) is 0 Å². The molecule has 0 aromatic rings. The van der Waals surface area contributed by atoms with Crippen LogP contribution in [0.25, 0.3) is 0 Å². The second kappa shape index (κ2) is 3.25. The van der Waals surface area contributed by atoms with Gasteiger partial charge in [-0.05, 0) is 6.92 Å². The van der Waals surface area contributed by atoms with Crippen LogP contribution in [0.2, 0.25) is 0 Å². The summed E-state index contributed by atoms with van der Waals surface area (Å²) in [7, 11) is 0. The van der Waals surface area contributed by atoms with Crippen molar-refractivity contribution in [3.63, 3.8) is 0 Å². The number of aliphatic imine (C=N–C) groups is 1. The van der Waals surface area contributed by atoms with E-state index < -0.39 is 6.23 Å². The monoisotopic (exact) mass is 158 g/mol. The van der Waals surface area contributed by atoms with Crippen molar-refractivity contribution in [2.24, 2.45) is 4.99 Å². The number of hydrogen-bond donors (Lipinski definition) is 3. The Hall–Kier alpha value is -1.23. The minimum absolute atomic E-state index is 0.139. The quantitative estimate of drug-likeness (QED) is 0.489. The Kier molecular flexibility index (Phi) is 2.32. The normalized spacial score (nSPS) is 23.3. The van der Waals surface area contributed by atoms with Crippen LogP contribution in [0.5, 0.6) is 0 Å². The highest BCUT2D eigenvalue weighted by atomic mass is 16.5. The maximum absolute atomic E-state index is 8.93. The first-order chi connectivity index (χ1) is 5.22. The van der Waals surface area contributed by atoms with Crippen LogP contribution in [0.4, 0.5) is 0 Å². The van der Waals surface area contributed by atoms with Crippen molar-refractivity contribution in [3.05, 3.63) is 12.0 Å². The number of aliphatic hydroxyl groups excluding tert-OH is 2. The van der Waals surface area contributed by atoms with E-state index in [-0.39, 0.29) is 11.9 Å². The number of amidine groups is 1. The summed E-state index contributed by atoms with van der Waals surface area (Å²) in [5.41, 5.74) is 0. The highest BCUT2D eigenvalue weighted by Gasteiger charge is 2.11. The molecule has 0 fully saturated rings. The third-order valence-corrected chi connectivity index (χ3v) is 1.07. The summed E-state index contributed by atoms with van der Waals surface area (Å²) in [6.45, 7) is 2.22. The topological polar surface area (TPSA) is 74.1 Å². The highest BCUT2D eigenvalue weighted by molar-refractivity contribution is 5.76. The van der Waals surface area contributed by atoms with Gasteiger partial charge in [0.1, 0.15) is 0 Å². The summed E-state index contributed by atoms with van der Waals surface area (Å²) in [5.74, 6) is -0.143. The lowest BCUT2D eigenvalue weighted by molar-refractivity contribution is 0.203. The Morgan fingerprint density at radius 2 is 2.55 bits per heavy atom. The van der Waals surface area contributed by atoms with Crippen LogP contribution in [0.3, 0.4) is 0 Å². The van der Waals surface area contributed by atoms with Crippen LogP contribution in [0, 0.1) is 0 Å². The molecule has 0 spiro atoms. The molecule has 0 aromatic heterocycles. The second-order valence-corrected chi connectivity index (χ2v) is 1.96. The number of hydrogen-bond acceptors (Lipinski definition) is 5. The summed E-state index contributed by atoms with van der Waals surface area (Å²) < 4.78 is 4.90. The molecule has 1 aliphatic heterocycles. The van der Waals surface area contributed by atoms with E-state index in [1.54, 1.807) is 6.92 Å². The van der Waals surface area contributed by atoms with Gasteiger partial charge in [0.25, 0.3) is 6.02 Å². The number of nitrogens with one attached hydrogen (secondary N) is 1. The zero-order valence-electron chi connectivity index (χ0n) is 6.11. The number of aliphatic hydroxyl groups is 2. The van der Waals surface area contributed by atoms with E-state index in [9.17, 15) is 0 Å². The van der Waals surface area contributed by atoms with Crippen LogP contribution in [0.15, 0.2) is 17.0 Å². The first-order valence-electron chi connectivity index (χ1n) is 3.29. The Balaban J connectivity index is 2.56. The molecule has 1 atom stereocenters. The molecule has 62 valence electrons. The van der Waals surface area contributed by atoms with E-state index in [0.717, 1.165) is 0 Å². The second-order valence-electron chi connectivity index (χ2n) is 1.96. The Labute approximate surface area is 64.0 Å². The maximum atomic E-state index is 8.93. The molecule has 0 aliphatic carbocycles. The first-order valence-corrected chi connectivity index (χ1v) is 3.29. The standard InChI is InChI=1S/C6H10N2O3/c1-2-11-6-7-4(9)3-5(10)8-6/h3-4,9-10H,2H2,1H3,(H,7,8). The van der Waals surface area contributed by atoms with Crippen molar-refractivity contribution in [2.75, 3.05) is 6.61 Å². The van der Waals surface area contributed by atoms with Crippen molar-refractivity contribution < 1.29 is 14.9 Å². The van der Waals surface area contributed by atoms with Crippen LogP contribution in [-0.2, 0) is 4.74 Å². The van der Waals surface area contributed by atoms with Crippen LogP contribution in [-0.4, -0.2) is 29.1 Å². The fourth-order valence-electron chi connectivity index (χ4n) is 0.692. The van der Waals surface area contributed by atoms with Crippen molar-refractivity contribution in [3.8, 4) is 0 Å². The predicted octanol–water partition coefficient (Wildman–Crippen LogP) is -0.300. The van der Waals surface area contributed by atoms with E-state index >= 15 is 0 Å². The van der Waals surface area contributed by atoms with Gasteiger partial charge in [0, 0.05) is 6.08 Å². The van der Waals surface area contributed by atoms with Gasteiger partial charge >= 0.3 is 0 Å². The summed E-state index contributed by atoms with van der Waals surface area (Å²) in [6, 6.07) is 0.139. The lowest BCUT2D eigenvalue weighted by Gasteiger charge is -2.14. The maximum Gasteiger partial charge on any atom is 0.294 e. The Morgan fingerprint density at radius 3 is 3.09 bits per heavy atom. The molecule has 11 heavy (non-hydrogen) atoms. The van der Waals surface area contributed by atoms with Crippen molar-refractivity contribution >= 4 is 6.02 Å². The fraction of sp³-hybridized carbons (Fsp3) is 0.500. The Bertz CT molecular complexity index is 200. The predicted molar refractivity (Wildman–Crippen MR) is 38.9 cm³/mol. The van der Waals surface area contributed by atoms with E-state index in [1.807, 2.05) is 0 Å². The van der Waals surface area contributed by atoms with Crippen molar-refractivity contribution in [2.45, 2.75) is 13.2 Å². The number of ether oxygens (including phenoxy) is 1. The van der Waals surface area contributed by atoms with E-state index in [4.69, 9.17) is 14.9 Å². The van der Waals surface area contributed by atoms with Gasteiger partial charge in [-0.3, -0.25) is 5.32 Å². The molecule has 5 heteroatoms. The minimum atomic E-state index is -1.02. The average Bonchev–Trinajstić information content (AvgIpc) is 1.85. The molecule has 0 amide bonds. The molecule has 1 rings (SSSR count). The molecule has 0 saturated carbocycles. The molecule has 1 unspecified atom stereocenters. The molecular weight excluding hydrogens is 148 g/mol. The van der Waals surface area contributed by atoms with E-state index in [0.29, 0.717) is 6.61 Å². The van der Waals surface area contributed by atoms with E-state index in [1.165, 1.54) is 6.08 Å². The molecule has 5 nitrogen and oxygen atoms in total. The Morgan fingerprint density at radius 1 is 1.82 bits per heavy atom. The number of nitrogens with zero attached hydrogens (tertiary/aromatic N) is 1. The highest BCUT2D eigenvalue weighted by Crippen LogP contribution is 1.99. The SMILES string of the molecule is CCOC1=NC(O)C=C(O)N1. The van der Waals surface area contributed by atoms with E-state index in [2.05, 4.69) is 10.3 Å². The molecular formula is C6H10N2O3. The molecule has 1 heterocycles. The van der Waals surface area contributed by atoms with Gasteiger partial charge in [-0.25, -0.2) is 0 Å². The van der Waals surface area contributed by atoms with Gasteiger partial charge in [-0.15, -0.1) is 0 Å². The van der Waals surface area contributed by atoms with Gasteiger partial charge in [-0.2, -0.15) is 4.99 Å². The third-order valence-electron chi connectivity index (χ3n) is 1.07. The molecule has 3 N–H and O–H groups in total. The van der Waals surface area contributed by atoms with Gasteiger partial charge < -0.3 is 14.9 Å². The number of rotatable bonds is 1. The zero-order valence-corrected chi connectivity index (χ0v) is 6.11. The van der Waals surface area contributed by atoms with Crippen LogP contribution >= 0.6 is 0 Å². The van der Waals surface area contributed by atoms with Crippen molar-refractivity contribution in [1.82, 2.24) is 5.32 Å². The van der Waals surface area contributed by atoms with Gasteiger partial charge in [0.15, 0.2) is 12.1 Å². The zero-order chi connectivity index (χ0) is 8.27. The summed E-state index contributed by atoms with van der Waals surface area (Å²) in [5, 5.41) is 20.3. The van der Waals surface area contributed by atoms with Gasteiger partial charge in [0.05, 0.1) is 6.61 Å². The lowest BCUT2D eigenvalue weighted by atomic mass is 10.5. The summed E-state index contributed by atoms with van der Waals surface area (Å²) in [6.07, 6.45) is 0.153. The molecule has 0 aromatic carbocycles. The molecule has 0 radical (unpaired) electrons. The summed E-state index contributed by atoms with van der Waals surface area (Å²) in [4.78, 5) is 3.62.